The smallest absolute Gasteiger partial charge is 0.221 e. The number of nitrogen functional groups attached to an aromatic ring is 1. The summed E-state index contributed by atoms with van der Waals surface area (Å²) in [5, 5.41) is 2.16. The summed E-state index contributed by atoms with van der Waals surface area (Å²) in [7, 11) is 0. The Labute approximate surface area is 97.8 Å². The summed E-state index contributed by atoms with van der Waals surface area (Å²) in [4.78, 5) is 11.9. The van der Waals surface area contributed by atoms with Crippen LogP contribution in [0.4, 0.5) is 11.8 Å². The van der Waals surface area contributed by atoms with Gasteiger partial charge in [-0.05, 0) is 29.5 Å². The predicted molar refractivity (Wildman–Crippen MR) is 65.5 cm³/mol. The van der Waals surface area contributed by atoms with Crippen molar-refractivity contribution >= 4 is 23.1 Å². The van der Waals surface area contributed by atoms with Gasteiger partial charge in [-0.25, -0.2) is 4.98 Å². The molecule has 0 fully saturated rings. The van der Waals surface area contributed by atoms with Crippen molar-refractivity contribution in [3.05, 3.63) is 34.2 Å². The Kier molecular flexibility index (Phi) is 2.25. The number of nitrogens with two attached hydrogens (primary N) is 1. The molecular weight excluding hydrogens is 220 g/mol. The van der Waals surface area contributed by atoms with Crippen molar-refractivity contribution in [1.82, 2.24) is 9.97 Å². The summed E-state index contributed by atoms with van der Waals surface area (Å²) in [5.41, 5.74) is 7.00. The summed E-state index contributed by atoms with van der Waals surface area (Å²) in [6.45, 7) is 1.93. The Bertz CT molecular complexity index is 508. The van der Waals surface area contributed by atoms with E-state index >= 15 is 0 Å². The van der Waals surface area contributed by atoms with Gasteiger partial charge in [0.2, 0.25) is 5.95 Å². The molecule has 0 unspecified atom stereocenters. The maximum atomic E-state index is 5.59. The number of thiophene rings is 1. The van der Waals surface area contributed by atoms with Gasteiger partial charge < -0.3 is 10.6 Å². The van der Waals surface area contributed by atoms with E-state index in [0.29, 0.717) is 5.95 Å². The van der Waals surface area contributed by atoms with E-state index in [0.717, 1.165) is 25.3 Å². The van der Waals surface area contributed by atoms with Crippen molar-refractivity contribution in [3.63, 3.8) is 0 Å². The Morgan fingerprint density at radius 2 is 2.31 bits per heavy atom. The molecule has 2 aromatic heterocycles. The fourth-order valence-corrected chi connectivity index (χ4v) is 2.87. The molecule has 82 valence electrons. The van der Waals surface area contributed by atoms with Gasteiger partial charge in [0, 0.05) is 24.2 Å². The van der Waals surface area contributed by atoms with Crippen LogP contribution in [0.25, 0.3) is 0 Å². The van der Waals surface area contributed by atoms with Gasteiger partial charge in [0.1, 0.15) is 5.82 Å². The molecule has 1 aliphatic heterocycles. The first kappa shape index (κ1) is 9.59. The highest BCUT2D eigenvalue weighted by molar-refractivity contribution is 7.10. The molecule has 0 bridgehead atoms. The van der Waals surface area contributed by atoms with E-state index in [2.05, 4.69) is 26.3 Å². The lowest BCUT2D eigenvalue weighted by Gasteiger charge is -2.27. The van der Waals surface area contributed by atoms with Crippen molar-refractivity contribution in [3.8, 4) is 0 Å². The second-order valence-electron chi connectivity index (χ2n) is 3.81. The molecule has 2 aromatic rings. The van der Waals surface area contributed by atoms with E-state index in [-0.39, 0.29) is 0 Å². The first-order chi connectivity index (χ1) is 7.83. The molecule has 4 nitrogen and oxygen atoms in total. The lowest BCUT2D eigenvalue weighted by molar-refractivity contribution is 0.731. The van der Waals surface area contributed by atoms with E-state index in [1.54, 1.807) is 6.20 Å². The molecule has 16 heavy (non-hydrogen) atoms. The third-order valence-corrected chi connectivity index (χ3v) is 3.81. The molecular formula is C11H12N4S. The molecule has 0 atom stereocenters. The van der Waals surface area contributed by atoms with E-state index in [4.69, 9.17) is 5.73 Å². The minimum Gasteiger partial charge on any atom is -0.368 e. The number of hydrogen-bond acceptors (Lipinski definition) is 5. The lowest BCUT2D eigenvalue weighted by Crippen LogP contribution is -2.30. The van der Waals surface area contributed by atoms with Gasteiger partial charge in [-0.1, -0.05) is 0 Å². The number of anilines is 2. The van der Waals surface area contributed by atoms with Crippen molar-refractivity contribution in [2.45, 2.75) is 13.0 Å². The van der Waals surface area contributed by atoms with E-state index in [1.807, 2.05) is 17.4 Å². The second kappa shape index (κ2) is 3.75. The Hall–Kier alpha value is -1.62. The van der Waals surface area contributed by atoms with Crippen LogP contribution in [0.2, 0.25) is 0 Å². The molecule has 0 spiro atoms. The maximum absolute atomic E-state index is 5.59. The second-order valence-corrected chi connectivity index (χ2v) is 4.81. The molecule has 5 heteroatoms. The summed E-state index contributed by atoms with van der Waals surface area (Å²) in [6.07, 6.45) is 2.80. The topological polar surface area (TPSA) is 55.0 Å². The van der Waals surface area contributed by atoms with Gasteiger partial charge in [-0.2, -0.15) is 4.98 Å². The average Bonchev–Trinajstić information content (AvgIpc) is 2.75. The van der Waals surface area contributed by atoms with Crippen LogP contribution in [0.15, 0.2) is 23.7 Å². The van der Waals surface area contributed by atoms with E-state index in [9.17, 15) is 0 Å². The van der Waals surface area contributed by atoms with Crippen molar-refractivity contribution in [1.29, 1.82) is 0 Å². The Morgan fingerprint density at radius 3 is 3.19 bits per heavy atom. The van der Waals surface area contributed by atoms with Gasteiger partial charge >= 0.3 is 0 Å². The highest BCUT2D eigenvalue weighted by Crippen LogP contribution is 2.26. The number of nitrogens with zero attached hydrogens (tertiary/aromatic N) is 3. The minimum atomic E-state index is 0.341. The first-order valence-electron chi connectivity index (χ1n) is 5.21. The summed E-state index contributed by atoms with van der Waals surface area (Å²) < 4.78 is 0. The molecule has 3 heterocycles. The quantitative estimate of drug-likeness (QED) is 0.812. The highest BCUT2D eigenvalue weighted by atomic mass is 32.1. The predicted octanol–water partition coefficient (Wildman–Crippen LogP) is 1.68. The summed E-state index contributed by atoms with van der Waals surface area (Å²) in [6, 6.07) is 4.10. The highest BCUT2D eigenvalue weighted by Gasteiger charge is 2.18. The van der Waals surface area contributed by atoms with Crippen molar-refractivity contribution in [2.24, 2.45) is 0 Å². The van der Waals surface area contributed by atoms with Gasteiger partial charge in [0.25, 0.3) is 0 Å². The molecule has 3 rings (SSSR count). The van der Waals surface area contributed by atoms with Crippen molar-refractivity contribution in [2.75, 3.05) is 17.2 Å². The molecule has 2 N–H and O–H groups in total. The summed E-state index contributed by atoms with van der Waals surface area (Å²) in [5.74, 6) is 1.26. The van der Waals surface area contributed by atoms with E-state index < -0.39 is 0 Å². The number of hydrogen-bond donors (Lipinski definition) is 1. The first-order valence-corrected chi connectivity index (χ1v) is 6.09. The van der Waals surface area contributed by atoms with Crippen LogP contribution in [-0.2, 0) is 13.0 Å². The standard InChI is InChI=1S/C11H12N4S/c12-11-13-4-1-10(14-11)15-5-2-9-8(7-15)3-6-16-9/h1,3-4,6H,2,5,7H2,(H2,12,13,14). The number of aromatic nitrogens is 2. The van der Waals surface area contributed by atoms with Crippen LogP contribution >= 0.6 is 11.3 Å². The lowest BCUT2D eigenvalue weighted by atomic mass is 10.1. The summed E-state index contributed by atoms with van der Waals surface area (Å²) >= 11 is 1.84. The fraction of sp³-hybridized carbons (Fsp3) is 0.273. The molecule has 0 saturated heterocycles. The zero-order chi connectivity index (χ0) is 11.0. The van der Waals surface area contributed by atoms with Gasteiger partial charge in [0.15, 0.2) is 0 Å². The minimum absolute atomic E-state index is 0.341. The molecule has 1 aliphatic rings. The Morgan fingerprint density at radius 1 is 1.38 bits per heavy atom. The fourth-order valence-electron chi connectivity index (χ4n) is 1.98. The Balaban J connectivity index is 1.88. The SMILES string of the molecule is Nc1nccc(N2CCc3sccc3C2)n1. The van der Waals surface area contributed by atoms with Crippen LogP contribution in [-0.4, -0.2) is 16.5 Å². The zero-order valence-electron chi connectivity index (χ0n) is 8.76. The molecule has 0 aromatic carbocycles. The molecule has 0 aliphatic carbocycles. The maximum Gasteiger partial charge on any atom is 0.221 e. The normalized spacial score (nSPS) is 14.9. The number of rotatable bonds is 1. The van der Waals surface area contributed by atoms with Crippen LogP contribution in [0.1, 0.15) is 10.4 Å². The van der Waals surface area contributed by atoms with Crippen LogP contribution in [0.5, 0.6) is 0 Å². The van der Waals surface area contributed by atoms with Crippen LogP contribution in [0, 0.1) is 0 Å². The third-order valence-electron chi connectivity index (χ3n) is 2.79. The third kappa shape index (κ3) is 1.63. The van der Waals surface area contributed by atoms with Crippen LogP contribution < -0.4 is 10.6 Å². The number of fused-ring (bicyclic) bond motifs is 1. The van der Waals surface area contributed by atoms with Crippen molar-refractivity contribution < 1.29 is 0 Å². The van der Waals surface area contributed by atoms with Crippen LogP contribution in [0.3, 0.4) is 0 Å². The van der Waals surface area contributed by atoms with E-state index in [1.165, 1.54) is 10.4 Å². The average molecular weight is 232 g/mol. The molecule has 0 amide bonds. The molecule has 0 radical (unpaired) electrons. The molecule has 0 saturated carbocycles. The monoisotopic (exact) mass is 232 g/mol. The zero-order valence-corrected chi connectivity index (χ0v) is 9.57. The van der Waals surface area contributed by atoms with Gasteiger partial charge in [-0.15, -0.1) is 11.3 Å². The van der Waals surface area contributed by atoms with Gasteiger partial charge in [0.05, 0.1) is 0 Å². The largest absolute Gasteiger partial charge is 0.368 e. The van der Waals surface area contributed by atoms with Gasteiger partial charge in [-0.3, -0.25) is 0 Å².